The van der Waals surface area contributed by atoms with Gasteiger partial charge in [-0.2, -0.15) is 0 Å². The predicted molar refractivity (Wildman–Crippen MR) is 70.2 cm³/mol. The van der Waals surface area contributed by atoms with Gasteiger partial charge in [-0.3, -0.25) is 0 Å². The normalized spacial score (nSPS) is 51.0. The molecular weight excluding hydrogens is 191 g/mol. The van der Waals surface area contributed by atoms with Crippen LogP contribution >= 0.6 is 0 Å². The molecule has 0 aromatic carbocycles. The van der Waals surface area contributed by atoms with Gasteiger partial charge in [0.1, 0.15) is 6.71 Å². The first-order chi connectivity index (χ1) is 7.92. The van der Waals surface area contributed by atoms with Crippen LogP contribution in [0.2, 0.25) is 17.5 Å². The van der Waals surface area contributed by atoms with Crippen LogP contribution in [0.1, 0.15) is 64.2 Å². The van der Waals surface area contributed by atoms with Crippen molar-refractivity contribution in [2.75, 3.05) is 0 Å². The fraction of sp³-hybridized carbons (Fsp3) is 1.00. The molecule has 0 aromatic heterocycles. The highest BCUT2D eigenvalue weighted by molar-refractivity contribution is 6.64. The van der Waals surface area contributed by atoms with Crippen molar-refractivity contribution >= 4 is 6.71 Å². The molecule has 2 saturated carbocycles. The molecule has 88 valence electrons. The largest absolute Gasteiger partial charge is 0.149 e. The standard InChI is InChI=1S/C15H25B/c1-3-13-5-2-6-14(4-1)16(13)15-10-11-7-8-12(15)9-11/h11-15H,1-10H2/t11-,12+,13?,14?,15+/m1/s1. The van der Waals surface area contributed by atoms with Crippen molar-refractivity contribution in [3.63, 3.8) is 0 Å². The lowest BCUT2D eigenvalue weighted by molar-refractivity contribution is 0.402. The van der Waals surface area contributed by atoms with Gasteiger partial charge in [0.05, 0.1) is 0 Å². The van der Waals surface area contributed by atoms with Crippen molar-refractivity contribution in [2.45, 2.75) is 81.7 Å². The van der Waals surface area contributed by atoms with Gasteiger partial charge >= 0.3 is 0 Å². The molecule has 0 nitrogen and oxygen atoms in total. The average molecular weight is 216 g/mol. The maximum absolute atomic E-state index is 1.64. The summed E-state index contributed by atoms with van der Waals surface area (Å²) in [4.78, 5) is 0. The topological polar surface area (TPSA) is 0 Å². The summed E-state index contributed by atoms with van der Waals surface area (Å²) >= 11 is 0. The highest BCUT2D eigenvalue weighted by Crippen LogP contribution is 2.60. The van der Waals surface area contributed by atoms with Crippen molar-refractivity contribution in [3.05, 3.63) is 0 Å². The minimum atomic E-state index is 1.16. The Morgan fingerprint density at radius 2 is 1.38 bits per heavy atom. The molecule has 2 aliphatic carbocycles. The van der Waals surface area contributed by atoms with Crippen LogP contribution in [0.15, 0.2) is 0 Å². The fourth-order valence-corrected chi connectivity index (χ4v) is 6.19. The van der Waals surface area contributed by atoms with Gasteiger partial charge in [0.15, 0.2) is 0 Å². The minimum Gasteiger partial charge on any atom is -0.0617 e. The lowest BCUT2D eigenvalue weighted by Crippen LogP contribution is -2.40. The number of rotatable bonds is 1. The Bertz CT molecular complexity index is 253. The van der Waals surface area contributed by atoms with Crippen LogP contribution in [-0.4, -0.2) is 6.71 Å². The molecule has 0 unspecified atom stereocenters. The van der Waals surface area contributed by atoms with E-state index in [1.165, 1.54) is 18.4 Å². The van der Waals surface area contributed by atoms with E-state index >= 15 is 0 Å². The maximum atomic E-state index is 1.64. The predicted octanol–water partition coefficient (Wildman–Crippen LogP) is 4.78. The molecule has 0 N–H and O–H groups in total. The molecule has 0 aromatic rings. The van der Waals surface area contributed by atoms with Crippen molar-refractivity contribution < 1.29 is 0 Å². The Balaban J connectivity index is 1.57. The highest BCUT2D eigenvalue weighted by Gasteiger charge is 2.50. The molecule has 0 spiro atoms. The number of hydrogen-bond donors (Lipinski definition) is 0. The lowest BCUT2D eigenvalue weighted by atomic mass is 9.21. The molecule has 2 heterocycles. The van der Waals surface area contributed by atoms with Gasteiger partial charge in [-0.1, -0.05) is 75.2 Å². The second kappa shape index (κ2) is 3.78. The molecular formula is C15H25B. The Morgan fingerprint density at radius 3 is 1.88 bits per heavy atom. The summed E-state index contributed by atoms with van der Waals surface area (Å²) in [5.74, 6) is 5.86. The third-order valence-electron chi connectivity index (χ3n) is 6.68. The third-order valence-corrected chi connectivity index (χ3v) is 6.68. The summed E-state index contributed by atoms with van der Waals surface area (Å²) in [6.07, 6.45) is 15.9. The van der Waals surface area contributed by atoms with E-state index in [4.69, 9.17) is 0 Å². The van der Waals surface area contributed by atoms with Gasteiger partial charge in [0, 0.05) is 0 Å². The quantitative estimate of drug-likeness (QED) is 0.553. The van der Waals surface area contributed by atoms with Crippen LogP contribution in [0.4, 0.5) is 0 Å². The van der Waals surface area contributed by atoms with Crippen molar-refractivity contribution in [3.8, 4) is 0 Å². The lowest BCUT2D eigenvalue weighted by Gasteiger charge is -2.45. The molecule has 4 aliphatic rings. The summed E-state index contributed by atoms with van der Waals surface area (Å²) in [6.45, 7) is 1.19. The Morgan fingerprint density at radius 1 is 0.688 bits per heavy atom. The molecule has 1 heteroatoms. The SMILES string of the molecule is C1CC2CCCC(C1)B2[C@H]1C[C@@H]2CC[C@H]1C2. The van der Waals surface area contributed by atoms with Crippen molar-refractivity contribution in [2.24, 2.45) is 11.8 Å². The van der Waals surface area contributed by atoms with E-state index < -0.39 is 0 Å². The Labute approximate surface area is 101 Å². The summed E-state index contributed by atoms with van der Waals surface area (Å²) < 4.78 is 0. The van der Waals surface area contributed by atoms with Gasteiger partial charge in [-0.05, 0) is 18.3 Å². The molecule has 4 bridgehead atoms. The van der Waals surface area contributed by atoms with Crippen LogP contribution in [0.25, 0.3) is 0 Å². The second-order valence-corrected chi connectivity index (χ2v) is 7.30. The molecule has 2 aliphatic heterocycles. The molecule has 3 atom stereocenters. The maximum Gasteiger partial charge on any atom is 0.149 e. The monoisotopic (exact) mass is 216 g/mol. The van der Waals surface area contributed by atoms with Crippen molar-refractivity contribution in [1.29, 1.82) is 0 Å². The van der Waals surface area contributed by atoms with Crippen LogP contribution in [0, 0.1) is 11.8 Å². The zero-order valence-corrected chi connectivity index (χ0v) is 10.5. The van der Waals surface area contributed by atoms with Crippen LogP contribution in [-0.2, 0) is 0 Å². The first-order valence-electron chi connectivity index (χ1n) is 7.92. The molecule has 2 saturated heterocycles. The van der Waals surface area contributed by atoms with Gasteiger partial charge in [0.25, 0.3) is 0 Å². The molecule has 0 amide bonds. The van der Waals surface area contributed by atoms with E-state index in [2.05, 4.69) is 0 Å². The van der Waals surface area contributed by atoms with E-state index in [-0.39, 0.29) is 0 Å². The van der Waals surface area contributed by atoms with Gasteiger partial charge in [-0.25, -0.2) is 0 Å². The molecule has 4 fully saturated rings. The fourth-order valence-electron chi connectivity index (χ4n) is 6.19. The van der Waals surface area contributed by atoms with E-state index in [0.717, 1.165) is 17.6 Å². The highest BCUT2D eigenvalue weighted by atomic mass is 14.4. The zero-order chi connectivity index (χ0) is 10.5. The Hall–Kier alpha value is 0.0649. The van der Waals surface area contributed by atoms with E-state index in [9.17, 15) is 0 Å². The summed E-state index contributed by atoms with van der Waals surface area (Å²) in [5, 5.41) is 0. The van der Waals surface area contributed by atoms with Crippen LogP contribution in [0.3, 0.4) is 0 Å². The van der Waals surface area contributed by atoms with E-state index in [1.54, 1.807) is 64.2 Å². The summed E-state index contributed by atoms with van der Waals surface area (Å²) in [5.41, 5.74) is 0. The first kappa shape index (κ1) is 10.0. The van der Waals surface area contributed by atoms with E-state index in [1.807, 2.05) is 0 Å². The molecule has 16 heavy (non-hydrogen) atoms. The van der Waals surface area contributed by atoms with Gasteiger partial charge in [0.2, 0.25) is 0 Å². The van der Waals surface area contributed by atoms with Gasteiger partial charge in [-0.15, -0.1) is 0 Å². The number of fused-ring (bicyclic) bond motifs is 4. The van der Waals surface area contributed by atoms with Crippen molar-refractivity contribution in [1.82, 2.24) is 0 Å². The van der Waals surface area contributed by atoms with E-state index in [0.29, 0.717) is 0 Å². The van der Waals surface area contributed by atoms with Crippen LogP contribution in [0.5, 0.6) is 0 Å². The number of hydrogen-bond acceptors (Lipinski definition) is 0. The smallest absolute Gasteiger partial charge is 0.0617 e. The minimum absolute atomic E-state index is 1.16. The molecule has 0 radical (unpaired) electrons. The first-order valence-corrected chi connectivity index (χ1v) is 7.92. The van der Waals surface area contributed by atoms with Crippen LogP contribution < -0.4 is 0 Å². The summed E-state index contributed by atoms with van der Waals surface area (Å²) in [6, 6.07) is 0. The zero-order valence-electron chi connectivity index (χ0n) is 10.5. The average Bonchev–Trinajstić information content (AvgIpc) is 2.89. The van der Waals surface area contributed by atoms with Gasteiger partial charge < -0.3 is 0 Å². The summed E-state index contributed by atoms with van der Waals surface area (Å²) in [7, 11) is 0. The molecule has 4 rings (SSSR count). The Kier molecular flexibility index (Phi) is 2.37. The third kappa shape index (κ3) is 1.42. The second-order valence-electron chi connectivity index (χ2n) is 7.30.